The molecule has 64 valence electrons. The van der Waals surface area contributed by atoms with Gasteiger partial charge in [-0.3, -0.25) is 0 Å². The van der Waals surface area contributed by atoms with Crippen LogP contribution < -0.4 is 0 Å². The van der Waals surface area contributed by atoms with Gasteiger partial charge < -0.3 is 4.74 Å². The molecule has 0 fully saturated rings. The van der Waals surface area contributed by atoms with Gasteiger partial charge in [-0.15, -0.1) is 0 Å². The summed E-state index contributed by atoms with van der Waals surface area (Å²) in [6.45, 7) is 10.4. The van der Waals surface area contributed by atoms with Gasteiger partial charge in [0.2, 0.25) is 0 Å². The van der Waals surface area contributed by atoms with Crippen LogP contribution in [0.4, 0.5) is 4.39 Å². The lowest BCUT2D eigenvalue weighted by atomic mass is 10.4. The molecule has 0 aromatic carbocycles. The van der Waals surface area contributed by atoms with E-state index in [1.807, 2.05) is 13.8 Å². The van der Waals surface area contributed by atoms with E-state index in [0.717, 1.165) is 0 Å². The van der Waals surface area contributed by atoms with Gasteiger partial charge in [-0.1, -0.05) is 33.1 Å². The van der Waals surface area contributed by atoms with Gasteiger partial charge >= 0.3 is 0 Å². The van der Waals surface area contributed by atoms with Crippen molar-refractivity contribution >= 4 is 0 Å². The van der Waals surface area contributed by atoms with E-state index in [0.29, 0.717) is 0 Å². The van der Waals surface area contributed by atoms with Crippen molar-refractivity contribution in [3.63, 3.8) is 0 Å². The van der Waals surface area contributed by atoms with Gasteiger partial charge in [0, 0.05) is 0 Å². The highest BCUT2D eigenvalue weighted by atomic mass is 19.1. The van der Waals surface area contributed by atoms with E-state index in [9.17, 15) is 4.39 Å². The third-order valence-corrected chi connectivity index (χ3v) is 0.757. The second-order valence-corrected chi connectivity index (χ2v) is 1.38. The van der Waals surface area contributed by atoms with E-state index < -0.39 is 5.83 Å². The first kappa shape index (κ1) is 12.6. The number of methoxy groups -OCH3 is 1. The van der Waals surface area contributed by atoms with E-state index in [-0.39, 0.29) is 5.76 Å². The smallest absolute Gasteiger partial charge is 0.157 e. The zero-order chi connectivity index (χ0) is 9.28. The number of allylic oxidation sites excluding steroid dienone is 3. The van der Waals surface area contributed by atoms with Gasteiger partial charge in [-0.2, -0.15) is 0 Å². The molecular weight excluding hydrogens is 143 g/mol. The molecule has 0 aliphatic carbocycles. The highest BCUT2D eigenvalue weighted by molar-refractivity contribution is 5.19. The molecule has 0 aromatic rings. The zero-order valence-corrected chi connectivity index (χ0v) is 7.36. The lowest BCUT2D eigenvalue weighted by Crippen LogP contribution is -1.83. The Bertz CT molecular complexity index is 148. The van der Waals surface area contributed by atoms with Crippen molar-refractivity contribution in [2.24, 2.45) is 0 Å². The van der Waals surface area contributed by atoms with Gasteiger partial charge in [0.25, 0.3) is 0 Å². The number of halogens is 1. The summed E-state index contributed by atoms with van der Waals surface area (Å²) < 4.78 is 16.7. The SMILES string of the molecule is C=C/C=C(/OC)C(=C)F.CC. The Balaban J connectivity index is 0. The van der Waals surface area contributed by atoms with E-state index >= 15 is 0 Å². The first-order chi connectivity index (χ1) is 5.22. The molecule has 0 spiro atoms. The minimum absolute atomic E-state index is 0.116. The molecule has 0 aliphatic heterocycles. The summed E-state index contributed by atoms with van der Waals surface area (Å²) >= 11 is 0. The molecule has 0 saturated carbocycles. The Hall–Kier alpha value is -1.05. The van der Waals surface area contributed by atoms with Crippen LogP contribution in [-0.2, 0) is 4.74 Å². The van der Waals surface area contributed by atoms with Gasteiger partial charge in [0.1, 0.15) is 0 Å². The molecule has 0 heterocycles. The van der Waals surface area contributed by atoms with Gasteiger partial charge in [0.05, 0.1) is 7.11 Å². The van der Waals surface area contributed by atoms with E-state index in [1.54, 1.807) is 0 Å². The zero-order valence-electron chi connectivity index (χ0n) is 7.36. The lowest BCUT2D eigenvalue weighted by molar-refractivity contribution is 0.284. The Labute approximate surface area is 67.9 Å². The molecule has 0 unspecified atom stereocenters. The summed E-state index contributed by atoms with van der Waals surface area (Å²) in [6, 6.07) is 0. The molecule has 11 heavy (non-hydrogen) atoms. The second kappa shape index (κ2) is 8.95. The fraction of sp³-hybridized carbons (Fsp3) is 0.333. The summed E-state index contributed by atoms with van der Waals surface area (Å²) in [4.78, 5) is 0. The minimum atomic E-state index is -0.586. The number of rotatable bonds is 3. The topological polar surface area (TPSA) is 9.23 Å². The van der Waals surface area contributed by atoms with Crippen LogP contribution in [0.3, 0.4) is 0 Å². The van der Waals surface area contributed by atoms with Crippen LogP contribution in [-0.4, -0.2) is 7.11 Å². The van der Waals surface area contributed by atoms with Crippen LogP contribution in [0.5, 0.6) is 0 Å². The number of hydrogen-bond donors (Lipinski definition) is 0. The highest BCUT2D eigenvalue weighted by Gasteiger charge is 1.96. The quantitative estimate of drug-likeness (QED) is 0.452. The molecular formula is C9H15FO. The van der Waals surface area contributed by atoms with Gasteiger partial charge in [0.15, 0.2) is 11.6 Å². The third-order valence-electron chi connectivity index (χ3n) is 0.757. The van der Waals surface area contributed by atoms with Crippen LogP contribution >= 0.6 is 0 Å². The van der Waals surface area contributed by atoms with Gasteiger partial charge in [-0.25, -0.2) is 4.39 Å². The molecule has 0 aliphatic rings. The average molecular weight is 158 g/mol. The Morgan fingerprint density at radius 1 is 1.45 bits per heavy atom. The standard InChI is InChI=1S/C7H9FO.C2H6/c1-4-5-7(9-3)6(2)8;1-2/h4-5H,1-2H2,3H3;1-2H3/b7-5+;. The first-order valence-corrected chi connectivity index (χ1v) is 3.44. The van der Waals surface area contributed by atoms with Crippen molar-refractivity contribution in [3.05, 3.63) is 36.9 Å². The molecule has 0 saturated heterocycles. The fourth-order valence-electron chi connectivity index (χ4n) is 0.376. The van der Waals surface area contributed by atoms with E-state index in [1.165, 1.54) is 19.3 Å². The van der Waals surface area contributed by atoms with Crippen molar-refractivity contribution in [1.29, 1.82) is 0 Å². The van der Waals surface area contributed by atoms with E-state index in [4.69, 9.17) is 0 Å². The molecule has 0 radical (unpaired) electrons. The average Bonchev–Trinajstić information content (AvgIpc) is 2.03. The molecule has 1 nitrogen and oxygen atoms in total. The van der Waals surface area contributed by atoms with Crippen LogP contribution in [0.2, 0.25) is 0 Å². The number of hydrogen-bond acceptors (Lipinski definition) is 1. The van der Waals surface area contributed by atoms with Crippen molar-refractivity contribution in [1.82, 2.24) is 0 Å². The van der Waals surface area contributed by atoms with Crippen molar-refractivity contribution in [2.45, 2.75) is 13.8 Å². The summed E-state index contributed by atoms with van der Waals surface area (Å²) in [6.07, 6.45) is 2.84. The predicted molar refractivity (Wildman–Crippen MR) is 46.9 cm³/mol. The molecule has 0 bridgehead atoms. The maximum absolute atomic E-state index is 12.1. The maximum Gasteiger partial charge on any atom is 0.157 e. The normalized spacial score (nSPS) is 9.27. The molecule has 0 aromatic heterocycles. The summed E-state index contributed by atoms with van der Waals surface area (Å²) in [7, 11) is 1.38. The van der Waals surface area contributed by atoms with Gasteiger partial charge in [-0.05, 0) is 6.08 Å². The Kier molecular flexibility index (Phi) is 10.3. The van der Waals surface area contributed by atoms with Crippen molar-refractivity contribution in [3.8, 4) is 0 Å². The largest absolute Gasteiger partial charge is 0.494 e. The molecule has 0 N–H and O–H groups in total. The fourth-order valence-corrected chi connectivity index (χ4v) is 0.376. The maximum atomic E-state index is 12.1. The van der Waals surface area contributed by atoms with Crippen LogP contribution in [0.1, 0.15) is 13.8 Å². The summed E-state index contributed by atoms with van der Waals surface area (Å²) in [5, 5.41) is 0. The van der Waals surface area contributed by atoms with Crippen LogP contribution in [0.15, 0.2) is 36.9 Å². The van der Waals surface area contributed by atoms with Crippen molar-refractivity contribution < 1.29 is 9.13 Å². The highest BCUT2D eigenvalue weighted by Crippen LogP contribution is 2.08. The lowest BCUT2D eigenvalue weighted by Gasteiger charge is -1.98. The summed E-state index contributed by atoms with van der Waals surface area (Å²) in [5.41, 5.74) is 0. The van der Waals surface area contributed by atoms with E-state index in [2.05, 4.69) is 17.9 Å². The molecule has 2 heteroatoms. The van der Waals surface area contributed by atoms with Crippen molar-refractivity contribution in [2.75, 3.05) is 7.11 Å². The Morgan fingerprint density at radius 2 is 1.91 bits per heavy atom. The monoisotopic (exact) mass is 158 g/mol. The first-order valence-electron chi connectivity index (χ1n) is 3.44. The van der Waals surface area contributed by atoms with Crippen LogP contribution in [0.25, 0.3) is 0 Å². The second-order valence-electron chi connectivity index (χ2n) is 1.38. The predicted octanol–water partition coefficient (Wildman–Crippen LogP) is 3.21. The molecule has 0 atom stereocenters. The molecule has 0 amide bonds. The number of ether oxygens (including phenoxy) is 1. The Morgan fingerprint density at radius 3 is 2.00 bits per heavy atom. The third kappa shape index (κ3) is 6.84. The van der Waals surface area contributed by atoms with Crippen LogP contribution in [0, 0.1) is 0 Å². The minimum Gasteiger partial charge on any atom is -0.494 e. The summed E-state index contributed by atoms with van der Waals surface area (Å²) in [5.74, 6) is -0.470. The molecule has 0 rings (SSSR count).